The molecule has 26 heavy (non-hydrogen) atoms. The molecule has 2 aromatic rings. The van der Waals surface area contributed by atoms with Gasteiger partial charge in [-0.15, -0.1) is 10.2 Å². The molecular weight excluding hydrogens is 359 g/mol. The summed E-state index contributed by atoms with van der Waals surface area (Å²) in [5.74, 6) is -3.80. The van der Waals surface area contributed by atoms with Gasteiger partial charge in [0, 0.05) is 6.54 Å². The highest BCUT2D eigenvalue weighted by molar-refractivity contribution is 5.93. The third-order valence-corrected chi connectivity index (χ3v) is 3.94. The number of aromatic nitrogens is 6. The van der Waals surface area contributed by atoms with Crippen LogP contribution in [0, 0.1) is 6.92 Å². The summed E-state index contributed by atoms with van der Waals surface area (Å²) < 4.78 is 38.7. The van der Waals surface area contributed by atoms with Crippen LogP contribution in [0.2, 0.25) is 0 Å². The number of hydrogen-bond donors (Lipinski definition) is 2. The van der Waals surface area contributed by atoms with Gasteiger partial charge in [-0.3, -0.25) is 9.89 Å². The fourth-order valence-corrected chi connectivity index (χ4v) is 2.70. The molecule has 1 saturated heterocycles. The van der Waals surface area contributed by atoms with Crippen LogP contribution in [0.4, 0.5) is 13.2 Å². The van der Waals surface area contributed by atoms with Gasteiger partial charge in [-0.1, -0.05) is 0 Å². The molecule has 0 aliphatic carbocycles. The summed E-state index contributed by atoms with van der Waals surface area (Å²) >= 11 is 0. The number of H-pyrrole nitrogens is 1. The second-order valence-electron chi connectivity index (χ2n) is 5.72. The van der Waals surface area contributed by atoms with E-state index < -0.39 is 35.9 Å². The quantitative estimate of drug-likeness (QED) is 0.813. The predicted molar refractivity (Wildman–Crippen MR) is 77.4 cm³/mol. The van der Waals surface area contributed by atoms with Crippen molar-refractivity contribution < 1.29 is 27.9 Å². The number of carbonyl (C=O) groups is 2. The normalized spacial score (nSPS) is 18.2. The number of aliphatic carboxylic acids is 1. The fourth-order valence-electron chi connectivity index (χ4n) is 2.70. The van der Waals surface area contributed by atoms with Gasteiger partial charge in [0.25, 0.3) is 11.9 Å². The monoisotopic (exact) mass is 373 g/mol. The number of aromatic amines is 1. The maximum absolute atomic E-state index is 12.6. The van der Waals surface area contributed by atoms with Crippen molar-refractivity contribution in [2.45, 2.75) is 38.4 Å². The summed E-state index contributed by atoms with van der Waals surface area (Å²) in [5, 5.41) is 18.3. The van der Waals surface area contributed by atoms with E-state index in [4.69, 9.17) is 0 Å². The first-order valence-corrected chi connectivity index (χ1v) is 7.66. The van der Waals surface area contributed by atoms with E-state index >= 15 is 0 Å². The first-order chi connectivity index (χ1) is 12.2. The number of carbonyl (C=O) groups excluding carboxylic acids is 1. The van der Waals surface area contributed by atoms with Gasteiger partial charge in [0.2, 0.25) is 11.6 Å². The molecule has 1 amide bonds. The predicted octanol–water partition coefficient (Wildman–Crippen LogP) is 0.792. The molecule has 1 aliphatic rings. The highest BCUT2D eigenvalue weighted by Crippen LogP contribution is 2.26. The van der Waals surface area contributed by atoms with Crippen LogP contribution in [-0.2, 0) is 11.0 Å². The van der Waals surface area contributed by atoms with Crippen molar-refractivity contribution >= 4 is 11.9 Å². The molecule has 10 nitrogen and oxygen atoms in total. The highest BCUT2D eigenvalue weighted by Gasteiger charge is 2.37. The highest BCUT2D eigenvalue weighted by atomic mass is 19.4. The summed E-state index contributed by atoms with van der Waals surface area (Å²) in [6, 6.07) is -0.983. The molecule has 0 aromatic carbocycles. The van der Waals surface area contributed by atoms with Crippen molar-refractivity contribution in [2.24, 2.45) is 0 Å². The standard InChI is InChI=1S/C13H14F3N7O3/c1-6-17-8(9(24)22-5-3-2-4-7(22)10(25)26)21-23(6)12-18-11(19-20-12)13(14,15)16/h7H,2-5H2,1H3,(H,25,26)(H,18,19,20)/t7-/m1/s1. The number of alkyl halides is 3. The van der Waals surface area contributed by atoms with Gasteiger partial charge in [0.1, 0.15) is 11.9 Å². The molecule has 13 heteroatoms. The first-order valence-electron chi connectivity index (χ1n) is 7.66. The molecule has 140 valence electrons. The van der Waals surface area contributed by atoms with Gasteiger partial charge in [0.05, 0.1) is 0 Å². The smallest absolute Gasteiger partial charge is 0.451 e. The Morgan fingerprint density at radius 3 is 2.62 bits per heavy atom. The molecule has 0 radical (unpaired) electrons. The number of halogens is 3. The summed E-state index contributed by atoms with van der Waals surface area (Å²) in [7, 11) is 0. The Labute approximate surface area is 144 Å². The lowest BCUT2D eigenvalue weighted by Gasteiger charge is -2.31. The van der Waals surface area contributed by atoms with Gasteiger partial charge >= 0.3 is 12.1 Å². The molecule has 0 saturated carbocycles. The minimum Gasteiger partial charge on any atom is -0.480 e. The molecule has 0 spiro atoms. The summed E-state index contributed by atoms with van der Waals surface area (Å²) in [6.45, 7) is 1.65. The Kier molecular flexibility index (Phi) is 4.38. The van der Waals surface area contributed by atoms with Crippen molar-refractivity contribution in [2.75, 3.05) is 6.54 Å². The molecule has 3 heterocycles. The van der Waals surface area contributed by atoms with E-state index in [1.165, 1.54) is 6.92 Å². The molecular formula is C13H14F3N7O3. The average Bonchev–Trinajstić information content (AvgIpc) is 3.20. The number of likely N-dealkylation sites (tertiary alicyclic amines) is 1. The Morgan fingerprint density at radius 2 is 2.00 bits per heavy atom. The minimum atomic E-state index is -4.71. The lowest BCUT2D eigenvalue weighted by Crippen LogP contribution is -2.48. The first kappa shape index (κ1) is 17.8. The van der Waals surface area contributed by atoms with E-state index in [0.717, 1.165) is 9.58 Å². The Bertz CT molecular complexity index is 844. The van der Waals surface area contributed by atoms with Crippen LogP contribution < -0.4 is 0 Å². The average molecular weight is 373 g/mol. The van der Waals surface area contributed by atoms with E-state index in [1.807, 2.05) is 0 Å². The van der Waals surface area contributed by atoms with Crippen molar-refractivity contribution in [3.8, 4) is 5.95 Å². The van der Waals surface area contributed by atoms with Crippen molar-refractivity contribution in [1.82, 2.24) is 34.8 Å². The number of carboxylic acids is 1. The molecule has 2 aromatic heterocycles. The van der Waals surface area contributed by atoms with E-state index in [2.05, 4.69) is 20.2 Å². The van der Waals surface area contributed by atoms with Gasteiger partial charge in [0.15, 0.2) is 0 Å². The second kappa shape index (κ2) is 6.38. The Morgan fingerprint density at radius 1 is 1.27 bits per heavy atom. The number of nitrogens with one attached hydrogen (secondary N) is 1. The van der Waals surface area contributed by atoms with E-state index in [9.17, 15) is 27.9 Å². The molecule has 0 unspecified atom stereocenters. The number of rotatable bonds is 3. The lowest BCUT2D eigenvalue weighted by atomic mass is 10.0. The number of nitrogens with zero attached hydrogens (tertiary/aromatic N) is 6. The number of carboxylic acid groups (broad SMARTS) is 1. The van der Waals surface area contributed by atoms with Crippen molar-refractivity contribution in [1.29, 1.82) is 0 Å². The van der Waals surface area contributed by atoms with Crippen molar-refractivity contribution in [3.63, 3.8) is 0 Å². The molecule has 0 bridgehead atoms. The summed E-state index contributed by atoms with van der Waals surface area (Å²) in [6.07, 6.45) is -3.07. The zero-order chi connectivity index (χ0) is 19.1. The molecule has 1 atom stereocenters. The zero-order valence-electron chi connectivity index (χ0n) is 13.5. The third kappa shape index (κ3) is 3.23. The zero-order valence-corrected chi connectivity index (χ0v) is 13.5. The third-order valence-electron chi connectivity index (χ3n) is 3.94. The van der Waals surface area contributed by atoms with Gasteiger partial charge in [-0.2, -0.15) is 22.8 Å². The second-order valence-corrected chi connectivity index (χ2v) is 5.72. The van der Waals surface area contributed by atoms with E-state index in [1.54, 1.807) is 5.10 Å². The fraction of sp³-hybridized carbons (Fsp3) is 0.538. The lowest BCUT2D eigenvalue weighted by molar-refractivity contribution is -0.145. The molecule has 3 rings (SSSR count). The van der Waals surface area contributed by atoms with E-state index in [-0.39, 0.29) is 18.2 Å². The number of aryl methyl sites for hydroxylation is 1. The van der Waals surface area contributed by atoms with Crippen molar-refractivity contribution in [3.05, 3.63) is 17.5 Å². The SMILES string of the molecule is Cc1nc(C(=O)N2CCCC[C@@H]2C(=O)O)nn1-c1n[nH]c(C(F)(F)F)n1. The molecule has 2 N–H and O–H groups in total. The molecule has 1 fully saturated rings. The van der Waals surface area contributed by atoms with Crippen LogP contribution >= 0.6 is 0 Å². The Balaban J connectivity index is 1.89. The topological polar surface area (TPSA) is 130 Å². The van der Waals surface area contributed by atoms with Crippen LogP contribution in [0.3, 0.4) is 0 Å². The molecule has 1 aliphatic heterocycles. The number of amides is 1. The van der Waals surface area contributed by atoms with Gasteiger partial charge in [-0.25, -0.2) is 9.78 Å². The summed E-state index contributed by atoms with van der Waals surface area (Å²) in [4.78, 5) is 32.3. The largest absolute Gasteiger partial charge is 0.480 e. The number of hydrogen-bond acceptors (Lipinski definition) is 6. The van der Waals surface area contributed by atoms with Crippen LogP contribution in [0.25, 0.3) is 5.95 Å². The van der Waals surface area contributed by atoms with Crippen LogP contribution in [0.1, 0.15) is 41.5 Å². The maximum Gasteiger partial charge on any atom is 0.451 e. The van der Waals surface area contributed by atoms with E-state index in [0.29, 0.717) is 19.3 Å². The number of piperidine rings is 1. The van der Waals surface area contributed by atoms with Gasteiger partial charge in [-0.05, 0) is 26.2 Å². The summed E-state index contributed by atoms with van der Waals surface area (Å²) in [5.41, 5.74) is 0. The maximum atomic E-state index is 12.6. The van der Waals surface area contributed by atoms with Crippen LogP contribution in [-0.4, -0.2) is 64.4 Å². The Hall–Kier alpha value is -2.99. The van der Waals surface area contributed by atoms with Crippen LogP contribution in [0.15, 0.2) is 0 Å². The van der Waals surface area contributed by atoms with Gasteiger partial charge < -0.3 is 10.0 Å². The van der Waals surface area contributed by atoms with Crippen LogP contribution in [0.5, 0.6) is 0 Å². The minimum absolute atomic E-state index is 0.0879.